The highest BCUT2D eigenvalue weighted by Gasteiger charge is 2.22. The molecular formula is C12H19N5OS. The van der Waals surface area contributed by atoms with Gasteiger partial charge < -0.3 is 10.7 Å². The minimum Gasteiger partial charge on any atom is -0.347 e. The number of carbonyl (C=O) groups is 1. The molecule has 0 spiro atoms. The van der Waals surface area contributed by atoms with E-state index in [9.17, 15) is 4.79 Å². The fourth-order valence-corrected chi connectivity index (χ4v) is 3.01. The maximum Gasteiger partial charge on any atom is 0.272 e. The number of nitrogen functional groups attached to an aromatic ring is 1. The number of hydrogen-bond donors (Lipinski definition) is 3. The van der Waals surface area contributed by atoms with Gasteiger partial charge in [-0.1, -0.05) is 13.8 Å². The van der Waals surface area contributed by atoms with Gasteiger partial charge in [0.1, 0.15) is 5.82 Å². The standard InChI is InChI=1S/C12H19N5OS/c1-7(2)11-14-5-9(17-13)10(16-11)12(18)15-8-3-4-19-6-8/h5,7-8,17H,3-4,6,13H2,1-2H3,(H,15,18). The van der Waals surface area contributed by atoms with Crippen LogP contribution >= 0.6 is 11.8 Å². The van der Waals surface area contributed by atoms with Crippen molar-refractivity contribution in [3.8, 4) is 0 Å². The number of hydrogen-bond acceptors (Lipinski definition) is 6. The monoisotopic (exact) mass is 281 g/mol. The zero-order valence-corrected chi connectivity index (χ0v) is 12.0. The zero-order chi connectivity index (χ0) is 13.8. The SMILES string of the molecule is CC(C)c1ncc(NN)c(C(=O)NC2CCSC2)n1. The number of thioether (sulfide) groups is 1. The summed E-state index contributed by atoms with van der Waals surface area (Å²) in [6.45, 7) is 3.97. The van der Waals surface area contributed by atoms with E-state index in [1.807, 2.05) is 25.6 Å². The van der Waals surface area contributed by atoms with E-state index < -0.39 is 0 Å². The second-order valence-corrected chi connectivity index (χ2v) is 5.97. The van der Waals surface area contributed by atoms with Crippen LogP contribution in [-0.4, -0.2) is 33.4 Å². The maximum absolute atomic E-state index is 12.2. The molecule has 1 aromatic heterocycles. The summed E-state index contributed by atoms with van der Waals surface area (Å²) < 4.78 is 0. The van der Waals surface area contributed by atoms with E-state index in [-0.39, 0.29) is 17.9 Å². The first kappa shape index (κ1) is 14.1. The molecule has 1 fully saturated rings. The molecule has 2 heterocycles. The largest absolute Gasteiger partial charge is 0.347 e. The molecule has 6 nitrogen and oxygen atoms in total. The lowest BCUT2D eigenvalue weighted by Gasteiger charge is -2.14. The lowest BCUT2D eigenvalue weighted by atomic mass is 10.2. The summed E-state index contributed by atoms with van der Waals surface area (Å²) in [5.41, 5.74) is 3.25. The summed E-state index contributed by atoms with van der Waals surface area (Å²) in [6, 6.07) is 0.223. The lowest BCUT2D eigenvalue weighted by Crippen LogP contribution is -2.36. The molecule has 1 unspecified atom stereocenters. The van der Waals surface area contributed by atoms with E-state index in [2.05, 4.69) is 20.7 Å². The molecule has 0 saturated carbocycles. The maximum atomic E-state index is 12.2. The van der Waals surface area contributed by atoms with Crippen molar-refractivity contribution in [3.63, 3.8) is 0 Å². The van der Waals surface area contributed by atoms with Crippen LogP contribution in [-0.2, 0) is 0 Å². The smallest absolute Gasteiger partial charge is 0.272 e. The van der Waals surface area contributed by atoms with Crippen LogP contribution in [0, 0.1) is 0 Å². The molecule has 19 heavy (non-hydrogen) atoms. The van der Waals surface area contributed by atoms with E-state index >= 15 is 0 Å². The number of hydrazine groups is 1. The quantitative estimate of drug-likeness (QED) is 0.566. The summed E-state index contributed by atoms with van der Waals surface area (Å²) in [4.78, 5) is 20.7. The predicted octanol–water partition coefficient (Wildman–Crippen LogP) is 1.12. The van der Waals surface area contributed by atoms with Crippen molar-refractivity contribution in [2.45, 2.75) is 32.2 Å². The van der Waals surface area contributed by atoms with Crippen LogP contribution in [0.1, 0.15) is 42.5 Å². The first-order chi connectivity index (χ1) is 9.11. The van der Waals surface area contributed by atoms with Gasteiger partial charge >= 0.3 is 0 Å². The molecule has 0 aromatic carbocycles. The highest BCUT2D eigenvalue weighted by atomic mass is 32.2. The molecule has 1 aromatic rings. The Kier molecular flexibility index (Phi) is 4.60. The van der Waals surface area contributed by atoms with Gasteiger partial charge in [0.25, 0.3) is 5.91 Å². The van der Waals surface area contributed by atoms with E-state index in [1.165, 1.54) is 0 Å². The van der Waals surface area contributed by atoms with E-state index in [0.717, 1.165) is 17.9 Å². The van der Waals surface area contributed by atoms with E-state index in [4.69, 9.17) is 5.84 Å². The molecule has 1 saturated heterocycles. The minimum absolute atomic E-state index is 0.167. The van der Waals surface area contributed by atoms with Crippen LogP contribution in [0.5, 0.6) is 0 Å². The van der Waals surface area contributed by atoms with Crippen molar-refractivity contribution < 1.29 is 4.79 Å². The van der Waals surface area contributed by atoms with Crippen LogP contribution in [0.15, 0.2) is 6.20 Å². The van der Waals surface area contributed by atoms with Gasteiger partial charge in [-0.15, -0.1) is 0 Å². The third kappa shape index (κ3) is 3.36. The number of carbonyl (C=O) groups excluding carboxylic acids is 1. The second-order valence-electron chi connectivity index (χ2n) is 4.82. The Morgan fingerprint density at radius 2 is 2.37 bits per heavy atom. The number of anilines is 1. The summed E-state index contributed by atoms with van der Waals surface area (Å²) in [5.74, 6) is 8.08. The average molecular weight is 281 g/mol. The van der Waals surface area contributed by atoms with Crippen molar-refractivity contribution >= 4 is 23.4 Å². The van der Waals surface area contributed by atoms with Gasteiger partial charge in [0, 0.05) is 17.7 Å². The van der Waals surface area contributed by atoms with Gasteiger partial charge in [-0.05, 0) is 12.2 Å². The summed E-state index contributed by atoms with van der Waals surface area (Å²) in [7, 11) is 0. The summed E-state index contributed by atoms with van der Waals surface area (Å²) in [6.07, 6.45) is 2.56. The molecule has 0 aliphatic carbocycles. The molecule has 1 amide bonds. The molecule has 1 atom stereocenters. The molecule has 0 bridgehead atoms. The van der Waals surface area contributed by atoms with Gasteiger partial charge in [0.15, 0.2) is 5.69 Å². The van der Waals surface area contributed by atoms with E-state index in [0.29, 0.717) is 17.2 Å². The Morgan fingerprint density at radius 1 is 1.58 bits per heavy atom. The van der Waals surface area contributed by atoms with E-state index in [1.54, 1.807) is 6.20 Å². The van der Waals surface area contributed by atoms with Crippen LogP contribution in [0.2, 0.25) is 0 Å². The molecular weight excluding hydrogens is 262 g/mol. The second kappa shape index (κ2) is 6.21. The molecule has 1 aliphatic rings. The topological polar surface area (TPSA) is 92.9 Å². The van der Waals surface area contributed by atoms with Crippen molar-refractivity contribution in [2.24, 2.45) is 5.84 Å². The number of amides is 1. The van der Waals surface area contributed by atoms with Crippen molar-refractivity contribution in [1.29, 1.82) is 0 Å². The van der Waals surface area contributed by atoms with Gasteiger partial charge in [-0.2, -0.15) is 11.8 Å². The third-order valence-electron chi connectivity index (χ3n) is 2.96. The molecule has 1 aliphatic heterocycles. The molecule has 2 rings (SSSR count). The van der Waals surface area contributed by atoms with Crippen LogP contribution in [0.4, 0.5) is 5.69 Å². The Morgan fingerprint density at radius 3 is 2.95 bits per heavy atom. The average Bonchev–Trinajstić information content (AvgIpc) is 2.90. The highest BCUT2D eigenvalue weighted by molar-refractivity contribution is 7.99. The highest BCUT2D eigenvalue weighted by Crippen LogP contribution is 2.19. The molecule has 104 valence electrons. The van der Waals surface area contributed by atoms with Gasteiger partial charge in [-0.25, -0.2) is 9.97 Å². The van der Waals surface area contributed by atoms with Crippen molar-refractivity contribution in [2.75, 3.05) is 16.9 Å². The fraction of sp³-hybridized carbons (Fsp3) is 0.583. The number of rotatable bonds is 4. The summed E-state index contributed by atoms with van der Waals surface area (Å²) >= 11 is 1.85. The molecule has 0 radical (unpaired) electrons. The lowest BCUT2D eigenvalue weighted by molar-refractivity contribution is 0.0936. The fourth-order valence-electron chi connectivity index (χ4n) is 1.85. The predicted molar refractivity (Wildman–Crippen MR) is 77.1 cm³/mol. The number of nitrogens with one attached hydrogen (secondary N) is 2. The van der Waals surface area contributed by atoms with Crippen molar-refractivity contribution in [3.05, 3.63) is 17.7 Å². The van der Waals surface area contributed by atoms with Gasteiger partial charge in [-0.3, -0.25) is 10.6 Å². The van der Waals surface area contributed by atoms with Crippen molar-refractivity contribution in [1.82, 2.24) is 15.3 Å². The Labute approximate surface area is 116 Å². The summed E-state index contributed by atoms with van der Waals surface area (Å²) in [5, 5.41) is 2.99. The zero-order valence-electron chi connectivity index (χ0n) is 11.1. The minimum atomic E-state index is -0.190. The first-order valence-corrected chi connectivity index (χ1v) is 7.49. The van der Waals surface area contributed by atoms with Gasteiger partial charge in [0.05, 0.1) is 11.9 Å². The molecule has 4 N–H and O–H groups in total. The number of nitrogens with two attached hydrogens (primary N) is 1. The Hall–Kier alpha value is -1.34. The van der Waals surface area contributed by atoms with Crippen LogP contribution in [0.3, 0.4) is 0 Å². The first-order valence-electron chi connectivity index (χ1n) is 6.34. The Balaban J connectivity index is 2.20. The number of aromatic nitrogens is 2. The van der Waals surface area contributed by atoms with Crippen LogP contribution in [0.25, 0.3) is 0 Å². The number of nitrogens with zero attached hydrogens (tertiary/aromatic N) is 2. The molecule has 7 heteroatoms. The third-order valence-corrected chi connectivity index (χ3v) is 4.12. The normalized spacial score (nSPS) is 18.6. The van der Waals surface area contributed by atoms with Gasteiger partial charge in [0.2, 0.25) is 0 Å². The van der Waals surface area contributed by atoms with Crippen LogP contribution < -0.4 is 16.6 Å². The Bertz CT molecular complexity index is 459.